The van der Waals surface area contributed by atoms with Gasteiger partial charge in [0.25, 0.3) is 0 Å². The second-order valence-corrected chi connectivity index (χ2v) is 5.82. The summed E-state index contributed by atoms with van der Waals surface area (Å²) in [6, 6.07) is 10.0. The van der Waals surface area contributed by atoms with Gasteiger partial charge in [-0.1, -0.05) is 12.1 Å². The number of thiazole rings is 1. The van der Waals surface area contributed by atoms with Gasteiger partial charge in [0, 0.05) is 13.2 Å². The molecule has 1 N–H and O–H groups in total. The molecule has 2 aromatic heterocycles. The SMILES string of the molecule is CNc1nccc(Sc2nc3ccccc3s2)n1. The van der Waals surface area contributed by atoms with Crippen LogP contribution in [-0.2, 0) is 0 Å². The van der Waals surface area contributed by atoms with Gasteiger partial charge in [0.1, 0.15) is 5.03 Å². The van der Waals surface area contributed by atoms with Crippen molar-refractivity contribution in [1.82, 2.24) is 15.0 Å². The number of anilines is 1. The summed E-state index contributed by atoms with van der Waals surface area (Å²) in [6.45, 7) is 0. The number of para-hydroxylation sites is 1. The summed E-state index contributed by atoms with van der Waals surface area (Å²) in [4.78, 5) is 13.0. The first kappa shape index (κ1) is 11.4. The molecule has 1 aromatic carbocycles. The van der Waals surface area contributed by atoms with E-state index >= 15 is 0 Å². The lowest BCUT2D eigenvalue weighted by atomic mass is 10.3. The first-order valence-corrected chi connectivity index (χ1v) is 7.03. The van der Waals surface area contributed by atoms with E-state index in [2.05, 4.69) is 26.3 Å². The van der Waals surface area contributed by atoms with Crippen molar-refractivity contribution in [1.29, 1.82) is 0 Å². The average molecular weight is 274 g/mol. The number of fused-ring (bicyclic) bond motifs is 1. The molecular weight excluding hydrogens is 264 g/mol. The van der Waals surface area contributed by atoms with Crippen LogP contribution < -0.4 is 5.32 Å². The fourth-order valence-corrected chi connectivity index (χ4v) is 3.48. The maximum absolute atomic E-state index is 4.56. The van der Waals surface area contributed by atoms with Crippen LogP contribution in [0.1, 0.15) is 0 Å². The van der Waals surface area contributed by atoms with Gasteiger partial charge in [0.2, 0.25) is 5.95 Å². The normalized spacial score (nSPS) is 10.7. The second-order valence-electron chi connectivity index (χ2n) is 3.52. The maximum Gasteiger partial charge on any atom is 0.223 e. The highest BCUT2D eigenvalue weighted by atomic mass is 32.2. The number of aromatic nitrogens is 3. The van der Waals surface area contributed by atoms with Crippen LogP contribution in [0, 0.1) is 0 Å². The number of benzene rings is 1. The van der Waals surface area contributed by atoms with E-state index in [1.165, 1.54) is 4.70 Å². The van der Waals surface area contributed by atoms with Crippen LogP contribution in [0.5, 0.6) is 0 Å². The standard InChI is InChI=1S/C12H10N4S2/c1-13-11-14-7-6-10(16-11)18-12-15-8-4-2-3-5-9(8)17-12/h2-7H,1H3,(H,13,14,16). The van der Waals surface area contributed by atoms with Crippen molar-refractivity contribution in [2.24, 2.45) is 0 Å². The highest BCUT2D eigenvalue weighted by Crippen LogP contribution is 2.33. The van der Waals surface area contributed by atoms with E-state index < -0.39 is 0 Å². The number of nitrogens with zero attached hydrogens (tertiary/aromatic N) is 3. The molecule has 3 rings (SSSR count). The fraction of sp³-hybridized carbons (Fsp3) is 0.0833. The van der Waals surface area contributed by atoms with Crippen molar-refractivity contribution in [3.63, 3.8) is 0 Å². The summed E-state index contributed by atoms with van der Waals surface area (Å²) in [5.74, 6) is 0.626. The number of rotatable bonds is 3. The fourth-order valence-electron chi connectivity index (χ4n) is 1.50. The van der Waals surface area contributed by atoms with Gasteiger partial charge in [-0.25, -0.2) is 15.0 Å². The van der Waals surface area contributed by atoms with Crippen molar-refractivity contribution in [3.8, 4) is 0 Å². The lowest BCUT2D eigenvalue weighted by Crippen LogP contribution is -1.95. The smallest absolute Gasteiger partial charge is 0.223 e. The van der Waals surface area contributed by atoms with Gasteiger partial charge in [0.05, 0.1) is 10.2 Å². The third kappa shape index (κ3) is 2.30. The Morgan fingerprint density at radius 2 is 2.06 bits per heavy atom. The molecule has 0 amide bonds. The molecule has 0 spiro atoms. The molecule has 0 aliphatic heterocycles. The zero-order valence-electron chi connectivity index (χ0n) is 9.62. The van der Waals surface area contributed by atoms with E-state index in [9.17, 15) is 0 Å². The third-order valence-electron chi connectivity index (χ3n) is 2.32. The van der Waals surface area contributed by atoms with E-state index in [1.54, 1.807) is 29.3 Å². The van der Waals surface area contributed by atoms with Crippen LogP contribution in [0.3, 0.4) is 0 Å². The minimum absolute atomic E-state index is 0.626. The van der Waals surface area contributed by atoms with Crippen LogP contribution in [0.25, 0.3) is 10.2 Å². The van der Waals surface area contributed by atoms with Gasteiger partial charge < -0.3 is 5.32 Å². The largest absolute Gasteiger partial charge is 0.357 e. The van der Waals surface area contributed by atoms with E-state index in [4.69, 9.17) is 0 Å². The molecule has 0 radical (unpaired) electrons. The van der Waals surface area contributed by atoms with E-state index in [0.29, 0.717) is 5.95 Å². The quantitative estimate of drug-likeness (QED) is 0.743. The number of hydrogen-bond donors (Lipinski definition) is 1. The molecule has 90 valence electrons. The Labute approximate surface area is 113 Å². The Kier molecular flexibility index (Phi) is 3.12. The lowest BCUT2D eigenvalue weighted by molar-refractivity contribution is 1.04. The van der Waals surface area contributed by atoms with Crippen molar-refractivity contribution in [2.75, 3.05) is 12.4 Å². The zero-order valence-corrected chi connectivity index (χ0v) is 11.3. The van der Waals surface area contributed by atoms with Gasteiger partial charge >= 0.3 is 0 Å². The topological polar surface area (TPSA) is 50.7 Å². The molecule has 0 saturated carbocycles. The number of hydrogen-bond acceptors (Lipinski definition) is 6. The predicted molar refractivity (Wildman–Crippen MR) is 75.3 cm³/mol. The molecule has 0 atom stereocenters. The Balaban J connectivity index is 1.91. The van der Waals surface area contributed by atoms with Crippen molar-refractivity contribution in [2.45, 2.75) is 9.37 Å². The average Bonchev–Trinajstić information content (AvgIpc) is 2.81. The van der Waals surface area contributed by atoms with E-state index in [-0.39, 0.29) is 0 Å². The van der Waals surface area contributed by atoms with Gasteiger partial charge in [0.15, 0.2) is 4.34 Å². The highest BCUT2D eigenvalue weighted by molar-refractivity contribution is 8.01. The molecule has 2 heterocycles. The Hall–Kier alpha value is -1.66. The molecule has 0 aliphatic rings. The van der Waals surface area contributed by atoms with E-state index in [0.717, 1.165) is 14.9 Å². The highest BCUT2D eigenvalue weighted by Gasteiger charge is 2.06. The molecule has 0 saturated heterocycles. The van der Waals surface area contributed by atoms with Gasteiger partial charge in [-0.05, 0) is 30.0 Å². The van der Waals surface area contributed by atoms with Gasteiger partial charge in [-0.2, -0.15) is 0 Å². The summed E-state index contributed by atoms with van der Waals surface area (Å²) in [6.07, 6.45) is 1.74. The molecule has 0 aliphatic carbocycles. The van der Waals surface area contributed by atoms with Crippen LogP contribution in [-0.4, -0.2) is 22.0 Å². The van der Waals surface area contributed by atoms with Crippen LogP contribution in [0.4, 0.5) is 5.95 Å². The molecule has 6 heteroatoms. The summed E-state index contributed by atoms with van der Waals surface area (Å²) in [5.41, 5.74) is 1.04. The molecule has 0 unspecified atom stereocenters. The predicted octanol–water partition coefficient (Wildman–Crippen LogP) is 3.28. The molecule has 4 nitrogen and oxygen atoms in total. The summed E-state index contributed by atoms with van der Waals surface area (Å²) in [5, 5.41) is 3.82. The Morgan fingerprint density at radius 3 is 2.89 bits per heavy atom. The Morgan fingerprint density at radius 1 is 1.17 bits per heavy atom. The van der Waals surface area contributed by atoms with Crippen molar-refractivity contribution < 1.29 is 0 Å². The monoisotopic (exact) mass is 274 g/mol. The molecule has 3 aromatic rings. The van der Waals surface area contributed by atoms with E-state index in [1.807, 2.05) is 31.3 Å². The van der Waals surface area contributed by atoms with Gasteiger partial charge in [-0.15, -0.1) is 11.3 Å². The summed E-state index contributed by atoms with van der Waals surface area (Å²) < 4.78 is 2.19. The molecule has 0 fully saturated rings. The van der Waals surface area contributed by atoms with Crippen molar-refractivity contribution in [3.05, 3.63) is 36.5 Å². The third-order valence-corrected chi connectivity index (χ3v) is 4.35. The van der Waals surface area contributed by atoms with Gasteiger partial charge in [-0.3, -0.25) is 0 Å². The lowest BCUT2D eigenvalue weighted by Gasteiger charge is -1.99. The first-order chi connectivity index (χ1) is 8.85. The number of nitrogens with one attached hydrogen (secondary N) is 1. The van der Waals surface area contributed by atoms with Crippen molar-refractivity contribution >= 4 is 39.3 Å². The molecular formula is C12H10N4S2. The first-order valence-electron chi connectivity index (χ1n) is 5.39. The van der Waals surface area contributed by atoms with Crippen LogP contribution in [0.15, 0.2) is 45.9 Å². The summed E-state index contributed by atoms with van der Waals surface area (Å²) >= 11 is 3.24. The maximum atomic E-state index is 4.56. The zero-order chi connectivity index (χ0) is 12.4. The second kappa shape index (κ2) is 4.91. The molecule has 18 heavy (non-hydrogen) atoms. The summed E-state index contributed by atoms with van der Waals surface area (Å²) in [7, 11) is 1.81. The van der Waals surface area contributed by atoms with Crippen LogP contribution >= 0.6 is 23.1 Å². The minimum Gasteiger partial charge on any atom is -0.357 e. The minimum atomic E-state index is 0.626. The Bertz CT molecular complexity index is 647. The molecule has 0 bridgehead atoms. The van der Waals surface area contributed by atoms with Crippen LogP contribution in [0.2, 0.25) is 0 Å².